The van der Waals surface area contributed by atoms with Gasteiger partial charge in [0.25, 0.3) is 0 Å². The van der Waals surface area contributed by atoms with Crippen molar-refractivity contribution in [1.82, 2.24) is 19.6 Å². The molecule has 0 unspecified atom stereocenters. The lowest BCUT2D eigenvalue weighted by Gasteiger charge is -2.26. The Balaban J connectivity index is 1.44. The van der Waals surface area contributed by atoms with E-state index < -0.39 is 0 Å². The summed E-state index contributed by atoms with van der Waals surface area (Å²) in [6.45, 7) is 4.16. The van der Waals surface area contributed by atoms with Gasteiger partial charge in [0, 0.05) is 36.8 Å². The maximum absolute atomic E-state index is 12.5. The molecule has 1 aliphatic heterocycles. The maximum Gasteiger partial charge on any atom is 0.323 e. The maximum atomic E-state index is 12.5. The summed E-state index contributed by atoms with van der Waals surface area (Å²) >= 11 is 0. The third kappa shape index (κ3) is 3.00. The number of hydrogen-bond donors (Lipinski definition) is 1. The zero-order chi connectivity index (χ0) is 17.2. The molecule has 7 heteroatoms. The van der Waals surface area contributed by atoms with E-state index in [2.05, 4.69) is 26.9 Å². The predicted molar refractivity (Wildman–Crippen MR) is 93.0 cm³/mol. The predicted octanol–water partition coefficient (Wildman–Crippen LogP) is 3.15. The van der Waals surface area contributed by atoms with Gasteiger partial charge in [0.15, 0.2) is 11.6 Å². The summed E-state index contributed by atoms with van der Waals surface area (Å²) in [5, 5.41) is 6.74. The Bertz CT molecular complexity index is 884. The molecule has 0 radical (unpaired) electrons. The number of nitrogens with zero attached hydrogens (tertiary/aromatic N) is 4. The number of aromatic nitrogens is 3. The highest BCUT2D eigenvalue weighted by molar-refractivity contribution is 5.88. The summed E-state index contributed by atoms with van der Waals surface area (Å²) in [7, 11) is 0. The van der Waals surface area contributed by atoms with Crippen molar-refractivity contribution in [1.29, 1.82) is 0 Å². The summed E-state index contributed by atoms with van der Waals surface area (Å²) in [6.07, 6.45) is 2.65. The van der Waals surface area contributed by atoms with E-state index in [-0.39, 0.29) is 6.03 Å². The molecule has 7 nitrogen and oxygen atoms in total. The number of aryl methyl sites for hydroxylation is 1. The monoisotopic (exact) mass is 337 g/mol. The van der Waals surface area contributed by atoms with Gasteiger partial charge < -0.3 is 14.0 Å². The van der Waals surface area contributed by atoms with Crippen LogP contribution in [0.2, 0.25) is 0 Å². The molecule has 2 amide bonds. The fourth-order valence-corrected chi connectivity index (χ4v) is 3.08. The molecule has 1 N–H and O–H groups in total. The quantitative estimate of drug-likeness (QED) is 0.796. The molecule has 3 heterocycles. The van der Waals surface area contributed by atoms with Crippen molar-refractivity contribution in [3.63, 3.8) is 0 Å². The Hall–Kier alpha value is -3.09. The first-order valence-electron chi connectivity index (χ1n) is 8.35. The largest absolute Gasteiger partial charge is 0.354 e. The van der Waals surface area contributed by atoms with Gasteiger partial charge in [0.2, 0.25) is 0 Å². The van der Waals surface area contributed by atoms with Crippen molar-refractivity contribution >= 4 is 11.8 Å². The first-order chi connectivity index (χ1) is 12.2. The summed E-state index contributed by atoms with van der Waals surface area (Å²) < 4.78 is 7.45. The van der Waals surface area contributed by atoms with Crippen LogP contribution in [0.4, 0.5) is 10.6 Å². The van der Waals surface area contributed by atoms with Crippen molar-refractivity contribution < 1.29 is 9.32 Å². The number of carbonyl (C=O) groups excluding carboxylic acids is 1. The van der Waals surface area contributed by atoms with E-state index in [0.717, 1.165) is 24.2 Å². The van der Waals surface area contributed by atoms with E-state index in [0.29, 0.717) is 24.7 Å². The van der Waals surface area contributed by atoms with Crippen molar-refractivity contribution in [3.05, 3.63) is 54.1 Å². The van der Waals surface area contributed by atoms with Crippen molar-refractivity contribution in [2.24, 2.45) is 0 Å². The van der Waals surface area contributed by atoms with E-state index in [4.69, 9.17) is 4.52 Å². The smallest absolute Gasteiger partial charge is 0.323 e. The van der Waals surface area contributed by atoms with Crippen LogP contribution in [0.5, 0.6) is 0 Å². The highest BCUT2D eigenvalue weighted by atomic mass is 16.5. The Kier molecular flexibility index (Phi) is 3.97. The van der Waals surface area contributed by atoms with Crippen LogP contribution in [-0.4, -0.2) is 32.2 Å². The zero-order valence-corrected chi connectivity index (χ0v) is 14.0. The molecule has 0 spiro atoms. The van der Waals surface area contributed by atoms with Crippen LogP contribution in [0, 0.1) is 0 Å². The number of rotatable bonds is 3. The van der Waals surface area contributed by atoms with Gasteiger partial charge in [0.05, 0.1) is 18.6 Å². The van der Waals surface area contributed by atoms with E-state index >= 15 is 0 Å². The Labute approximate surface area is 145 Å². The van der Waals surface area contributed by atoms with Gasteiger partial charge in [0.1, 0.15) is 0 Å². The number of amides is 2. The Morgan fingerprint density at radius 2 is 2.16 bits per heavy atom. The molecule has 0 atom stereocenters. The molecule has 0 saturated heterocycles. The van der Waals surface area contributed by atoms with Gasteiger partial charge >= 0.3 is 6.03 Å². The topological polar surface area (TPSA) is 76.2 Å². The third-order valence-electron chi connectivity index (χ3n) is 4.42. The lowest BCUT2D eigenvalue weighted by Crippen LogP contribution is -2.39. The first kappa shape index (κ1) is 15.4. The number of anilines is 1. The number of urea groups is 1. The summed E-state index contributed by atoms with van der Waals surface area (Å²) in [5.41, 5.74) is 3.11. The van der Waals surface area contributed by atoms with Crippen LogP contribution in [0.25, 0.3) is 11.3 Å². The number of imidazole rings is 1. The second kappa shape index (κ2) is 6.43. The average Bonchev–Trinajstić information content (AvgIpc) is 3.28. The second-order valence-corrected chi connectivity index (χ2v) is 5.97. The Morgan fingerprint density at radius 3 is 2.96 bits per heavy atom. The van der Waals surface area contributed by atoms with Crippen LogP contribution in [0.1, 0.15) is 18.3 Å². The third-order valence-corrected chi connectivity index (χ3v) is 4.42. The molecule has 128 valence electrons. The van der Waals surface area contributed by atoms with E-state index in [1.54, 1.807) is 11.0 Å². The van der Waals surface area contributed by atoms with Crippen LogP contribution < -0.4 is 5.32 Å². The molecule has 25 heavy (non-hydrogen) atoms. The average molecular weight is 337 g/mol. The lowest BCUT2D eigenvalue weighted by molar-refractivity contribution is 0.204. The van der Waals surface area contributed by atoms with Gasteiger partial charge in [-0.05, 0) is 6.92 Å². The van der Waals surface area contributed by atoms with Crippen LogP contribution >= 0.6 is 0 Å². The fourth-order valence-electron chi connectivity index (χ4n) is 3.08. The summed E-state index contributed by atoms with van der Waals surface area (Å²) in [4.78, 5) is 18.7. The number of benzene rings is 1. The number of nitrogens with one attached hydrogen (secondary N) is 1. The lowest BCUT2D eigenvalue weighted by atomic mass is 10.1. The van der Waals surface area contributed by atoms with Gasteiger partial charge in [-0.15, -0.1) is 0 Å². The van der Waals surface area contributed by atoms with Gasteiger partial charge in [-0.1, -0.05) is 35.5 Å². The number of fused-ring (bicyclic) bond motifs is 1. The van der Waals surface area contributed by atoms with Gasteiger partial charge in [-0.3, -0.25) is 5.32 Å². The Morgan fingerprint density at radius 1 is 1.32 bits per heavy atom. The molecule has 2 aromatic heterocycles. The first-order valence-corrected chi connectivity index (χ1v) is 8.35. The van der Waals surface area contributed by atoms with Crippen LogP contribution in [0.3, 0.4) is 0 Å². The number of carbonyl (C=O) groups is 1. The molecule has 1 aromatic carbocycles. The molecule has 0 bridgehead atoms. The second-order valence-electron chi connectivity index (χ2n) is 5.97. The van der Waals surface area contributed by atoms with Crippen molar-refractivity contribution in [2.45, 2.75) is 26.4 Å². The molecule has 4 rings (SSSR count). The minimum atomic E-state index is -0.190. The van der Waals surface area contributed by atoms with Crippen molar-refractivity contribution in [2.75, 3.05) is 11.9 Å². The van der Waals surface area contributed by atoms with Gasteiger partial charge in [-0.2, -0.15) is 0 Å². The molecule has 3 aromatic rings. The highest BCUT2D eigenvalue weighted by Crippen LogP contribution is 2.23. The van der Waals surface area contributed by atoms with Crippen molar-refractivity contribution in [3.8, 4) is 11.3 Å². The van der Waals surface area contributed by atoms with E-state index in [1.807, 2.05) is 36.7 Å². The number of hydrogen-bond acceptors (Lipinski definition) is 4. The molecule has 0 aliphatic carbocycles. The molecule has 0 fully saturated rings. The van der Waals surface area contributed by atoms with Crippen LogP contribution in [-0.2, 0) is 19.5 Å². The normalized spacial score (nSPS) is 13.6. The molecular formula is C18H19N5O2. The van der Waals surface area contributed by atoms with E-state index in [1.165, 1.54) is 5.69 Å². The molecule has 1 aliphatic rings. The minimum absolute atomic E-state index is 0.190. The van der Waals surface area contributed by atoms with Crippen LogP contribution in [0.15, 0.2) is 47.2 Å². The SMILES string of the molecule is CCn1cnc2c1CCN(C(=O)Nc1cc(-c3ccccc3)on1)C2. The molecular weight excluding hydrogens is 318 g/mol. The fraction of sp³-hybridized carbons (Fsp3) is 0.278. The summed E-state index contributed by atoms with van der Waals surface area (Å²) in [5.74, 6) is 1.03. The zero-order valence-electron chi connectivity index (χ0n) is 14.0. The minimum Gasteiger partial charge on any atom is -0.354 e. The highest BCUT2D eigenvalue weighted by Gasteiger charge is 2.24. The molecule has 0 saturated carbocycles. The van der Waals surface area contributed by atoms with E-state index in [9.17, 15) is 4.79 Å². The standard InChI is InChI=1S/C18H19N5O2/c1-2-22-12-19-14-11-23(9-8-15(14)22)18(24)20-17-10-16(25-21-17)13-6-4-3-5-7-13/h3-7,10,12H,2,8-9,11H2,1H3,(H,20,21,24). The van der Waals surface area contributed by atoms with Gasteiger partial charge in [-0.25, -0.2) is 9.78 Å². The summed E-state index contributed by atoms with van der Waals surface area (Å²) in [6, 6.07) is 11.2.